The molecule has 7 nitrogen and oxygen atoms in total. The van der Waals surface area contributed by atoms with Gasteiger partial charge in [0.2, 0.25) is 5.91 Å². The van der Waals surface area contributed by atoms with E-state index in [9.17, 15) is 4.79 Å². The number of ether oxygens (including phenoxy) is 1. The summed E-state index contributed by atoms with van der Waals surface area (Å²) in [6, 6.07) is 4.01. The van der Waals surface area contributed by atoms with Crippen LogP contribution in [0.25, 0.3) is 0 Å². The minimum absolute atomic E-state index is 0. The van der Waals surface area contributed by atoms with Gasteiger partial charge in [0, 0.05) is 51.4 Å². The van der Waals surface area contributed by atoms with Gasteiger partial charge in [-0.3, -0.25) is 4.79 Å². The van der Waals surface area contributed by atoms with Crippen molar-refractivity contribution in [3.05, 3.63) is 18.3 Å². The Hall–Kier alpha value is -1.15. The maximum Gasteiger partial charge on any atom is 0.224 e. The number of carbonyl (C=O) groups excluding carboxylic acids is 1. The van der Waals surface area contributed by atoms with Crippen molar-refractivity contribution >= 4 is 36.5 Å². The SMILES string of the molecule is Cl.Cl.O=C(CC1COCCN1)N1CCCN(c2cccnn2)CC1. The van der Waals surface area contributed by atoms with Gasteiger partial charge in [0.25, 0.3) is 0 Å². The van der Waals surface area contributed by atoms with Crippen molar-refractivity contribution in [2.24, 2.45) is 0 Å². The van der Waals surface area contributed by atoms with E-state index in [0.717, 1.165) is 51.6 Å². The maximum atomic E-state index is 12.4. The molecule has 1 N–H and O–H groups in total. The third-order valence-corrected chi connectivity index (χ3v) is 4.15. The molecule has 1 atom stereocenters. The van der Waals surface area contributed by atoms with Crippen molar-refractivity contribution in [3.63, 3.8) is 0 Å². The molecule has 2 fully saturated rings. The highest BCUT2D eigenvalue weighted by atomic mass is 35.5. The van der Waals surface area contributed by atoms with Crippen LogP contribution >= 0.6 is 24.8 Å². The van der Waals surface area contributed by atoms with Crippen LogP contribution in [0, 0.1) is 0 Å². The van der Waals surface area contributed by atoms with Crippen LogP contribution < -0.4 is 10.2 Å². The van der Waals surface area contributed by atoms with Crippen molar-refractivity contribution in [1.82, 2.24) is 20.4 Å². The predicted octanol–water partition coefficient (Wildman–Crippen LogP) is 0.737. The number of halogens is 2. The smallest absolute Gasteiger partial charge is 0.224 e. The number of nitrogens with zero attached hydrogens (tertiary/aromatic N) is 4. The fraction of sp³-hybridized carbons (Fsp3) is 0.667. The van der Waals surface area contributed by atoms with Crippen LogP contribution in [0.15, 0.2) is 18.3 Å². The lowest BCUT2D eigenvalue weighted by Gasteiger charge is -2.27. The van der Waals surface area contributed by atoms with Crippen LogP contribution in [0.3, 0.4) is 0 Å². The molecule has 0 bridgehead atoms. The highest BCUT2D eigenvalue weighted by molar-refractivity contribution is 5.85. The van der Waals surface area contributed by atoms with Gasteiger partial charge in [-0.05, 0) is 18.6 Å². The van der Waals surface area contributed by atoms with Gasteiger partial charge in [0.1, 0.15) is 0 Å². The topological polar surface area (TPSA) is 70.6 Å². The fourth-order valence-electron chi connectivity index (χ4n) is 2.95. The minimum atomic E-state index is 0. The van der Waals surface area contributed by atoms with Crippen molar-refractivity contribution < 1.29 is 9.53 Å². The zero-order valence-electron chi connectivity index (χ0n) is 13.6. The lowest BCUT2D eigenvalue weighted by Crippen LogP contribution is -2.45. The Bertz CT molecular complexity index is 488. The molecule has 1 amide bonds. The molecule has 0 aromatic carbocycles. The van der Waals surface area contributed by atoms with Crippen LogP contribution in [0.2, 0.25) is 0 Å². The second-order valence-electron chi connectivity index (χ2n) is 5.73. The van der Waals surface area contributed by atoms with Gasteiger partial charge in [-0.1, -0.05) is 0 Å². The van der Waals surface area contributed by atoms with E-state index in [2.05, 4.69) is 20.4 Å². The maximum absolute atomic E-state index is 12.4. The zero-order chi connectivity index (χ0) is 15.2. The normalized spacial score (nSPS) is 21.2. The third-order valence-electron chi connectivity index (χ3n) is 4.15. The van der Waals surface area contributed by atoms with E-state index >= 15 is 0 Å². The molecule has 9 heteroatoms. The number of rotatable bonds is 3. The van der Waals surface area contributed by atoms with E-state index in [0.29, 0.717) is 13.0 Å². The predicted molar refractivity (Wildman–Crippen MR) is 97.2 cm³/mol. The Balaban J connectivity index is 0.00000144. The van der Waals surface area contributed by atoms with Gasteiger partial charge in [0.15, 0.2) is 5.82 Å². The molecule has 136 valence electrons. The van der Waals surface area contributed by atoms with Gasteiger partial charge in [-0.25, -0.2) is 0 Å². The molecular formula is C15H25Cl2N5O2. The molecule has 3 heterocycles. The number of morpholine rings is 1. The van der Waals surface area contributed by atoms with Crippen LogP contribution in [0.5, 0.6) is 0 Å². The highest BCUT2D eigenvalue weighted by Crippen LogP contribution is 2.13. The summed E-state index contributed by atoms with van der Waals surface area (Å²) < 4.78 is 5.41. The van der Waals surface area contributed by atoms with Crippen molar-refractivity contribution in [2.75, 3.05) is 50.8 Å². The molecule has 1 aromatic heterocycles. The van der Waals surface area contributed by atoms with E-state index in [4.69, 9.17) is 4.74 Å². The number of hydrogen-bond donors (Lipinski definition) is 1. The largest absolute Gasteiger partial charge is 0.378 e. The highest BCUT2D eigenvalue weighted by Gasteiger charge is 2.23. The average Bonchev–Trinajstić information content (AvgIpc) is 2.83. The van der Waals surface area contributed by atoms with Crippen LogP contribution in [0.4, 0.5) is 5.82 Å². The van der Waals surface area contributed by atoms with E-state index in [1.54, 1.807) is 6.20 Å². The van der Waals surface area contributed by atoms with Crippen molar-refractivity contribution in [2.45, 2.75) is 18.9 Å². The molecule has 2 saturated heterocycles. The molecule has 0 radical (unpaired) electrons. The summed E-state index contributed by atoms with van der Waals surface area (Å²) in [6.45, 7) is 5.46. The first-order chi connectivity index (χ1) is 10.8. The number of carbonyl (C=O) groups is 1. The van der Waals surface area contributed by atoms with Crippen LogP contribution in [-0.4, -0.2) is 73.0 Å². The van der Waals surface area contributed by atoms with Gasteiger partial charge < -0.3 is 19.9 Å². The van der Waals surface area contributed by atoms with Crippen molar-refractivity contribution in [1.29, 1.82) is 0 Å². The summed E-state index contributed by atoms with van der Waals surface area (Å²) in [4.78, 5) is 16.6. The summed E-state index contributed by atoms with van der Waals surface area (Å²) >= 11 is 0. The Kier molecular flexibility index (Phi) is 9.28. The van der Waals surface area contributed by atoms with E-state index < -0.39 is 0 Å². The van der Waals surface area contributed by atoms with Gasteiger partial charge in [-0.15, -0.1) is 29.9 Å². The van der Waals surface area contributed by atoms with E-state index in [1.165, 1.54) is 0 Å². The first-order valence-electron chi connectivity index (χ1n) is 7.94. The molecule has 1 aromatic rings. The summed E-state index contributed by atoms with van der Waals surface area (Å²) in [5.74, 6) is 1.10. The average molecular weight is 378 g/mol. The molecule has 2 aliphatic rings. The Morgan fingerprint density at radius 2 is 2.17 bits per heavy atom. The first kappa shape index (κ1) is 20.9. The monoisotopic (exact) mass is 377 g/mol. The lowest BCUT2D eigenvalue weighted by molar-refractivity contribution is -0.132. The second-order valence-corrected chi connectivity index (χ2v) is 5.73. The molecule has 1 unspecified atom stereocenters. The van der Waals surface area contributed by atoms with Gasteiger partial charge in [0.05, 0.1) is 13.2 Å². The molecule has 3 rings (SSSR count). The summed E-state index contributed by atoms with van der Waals surface area (Å²) in [5, 5.41) is 11.4. The summed E-state index contributed by atoms with van der Waals surface area (Å²) in [7, 11) is 0. The lowest BCUT2D eigenvalue weighted by atomic mass is 10.1. The number of aromatic nitrogens is 2. The Morgan fingerprint density at radius 1 is 1.29 bits per heavy atom. The standard InChI is InChI=1S/C15H23N5O2.2ClH/c21-15(11-13-12-22-10-5-16-13)20-7-2-6-19(8-9-20)14-3-1-4-17-18-14;;/h1,3-4,13,16H,2,5-12H2;2*1H. The second kappa shape index (κ2) is 10.7. The third kappa shape index (κ3) is 5.73. The van der Waals surface area contributed by atoms with Crippen LogP contribution in [-0.2, 0) is 9.53 Å². The van der Waals surface area contributed by atoms with Gasteiger partial charge in [-0.2, -0.15) is 5.10 Å². The number of nitrogens with one attached hydrogen (secondary N) is 1. The summed E-state index contributed by atoms with van der Waals surface area (Å²) in [5.41, 5.74) is 0. The molecule has 2 aliphatic heterocycles. The Labute approximate surface area is 154 Å². The Morgan fingerprint density at radius 3 is 2.88 bits per heavy atom. The van der Waals surface area contributed by atoms with Crippen LogP contribution in [0.1, 0.15) is 12.8 Å². The number of hydrogen-bond acceptors (Lipinski definition) is 6. The molecular weight excluding hydrogens is 353 g/mol. The van der Waals surface area contributed by atoms with Crippen molar-refractivity contribution in [3.8, 4) is 0 Å². The van der Waals surface area contributed by atoms with Gasteiger partial charge >= 0.3 is 0 Å². The fourth-order valence-corrected chi connectivity index (χ4v) is 2.95. The van der Waals surface area contributed by atoms with E-state index in [-0.39, 0.29) is 36.8 Å². The molecule has 24 heavy (non-hydrogen) atoms. The molecule has 0 saturated carbocycles. The van der Waals surface area contributed by atoms with E-state index in [1.807, 2.05) is 17.0 Å². The quantitative estimate of drug-likeness (QED) is 0.837. The molecule has 0 spiro atoms. The summed E-state index contributed by atoms with van der Waals surface area (Å²) in [6.07, 6.45) is 3.15. The number of anilines is 1. The minimum Gasteiger partial charge on any atom is -0.378 e. The number of amides is 1. The zero-order valence-corrected chi connectivity index (χ0v) is 15.2. The first-order valence-corrected chi connectivity index (χ1v) is 7.94. The molecule has 0 aliphatic carbocycles.